The van der Waals surface area contributed by atoms with E-state index in [1.807, 2.05) is 25.1 Å². The second kappa shape index (κ2) is 9.67. The number of methoxy groups -OCH3 is 1. The number of amides is 1. The van der Waals surface area contributed by atoms with E-state index in [-0.39, 0.29) is 5.91 Å². The molecule has 35 heavy (non-hydrogen) atoms. The minimum atomic E-state index is -0.507. The SMILES string of the molecule is COC(=O)c1ccccc1NC(=O)c1sc2ncnc(N3CCN(c4ccccn4)CC3)c2c1C. The highest BCUT2D eigenvalue weighted by Gasteiger charge is 2.25. The van der Waals surface area contributed by atoms with E-state index in [0.717, 1.165) is 53.6 Å². The van der Waals surface area contributed by atoms with Gasteiger partial charge in [-0.1, -0.05) is 18.2 Å². The Bertz CT molecular complexity index is 1380. The van der Waals surface area contributed by atoms with Crippen molar-refractivity contribution < 1.29 is 14.3 Å². The van der Waals surface area contributed by atoms with Gasteiger partial charge >= 0.3 is 5.97 Å². The highest BCUT2D eigenvalue weighted by molar-refractivity contribution is 7.20. The molecule has 1 aromatic carbocycles. The molecule has 0 unspecified atom stereocenters. The molecule has 3 aromatic heterocycles. The number of thiophene rings is 1. The van der Waals surface area contributed by atoms with Gasteiger partial charge in [-0.3, -0.25) is 4.79 Å². The Kier molecular flexibility index (Phi) is 6.28. The lowest BCUT2D eigenvalue weighted by molar-refractivity contribution is 0.0602. The lowest BCUT2D eigenvalue weighted by Gasteiger charge is -2.36. The number of hydrogen-bond donors (Lipinski definition) is 1. The van der Waals surface area contributed by atoms with Gasteiger partial charge in [-0.25, -0.2) is 19.7 Å². The first-order valence-corrected chi connectivity index (χ1v) is 12.0. The first kappa shape index (κ1) is 22.7. The van der Waals surface area contributed by atoms with Crippen molar-refractivity contribution in [2.45, 2.75) is 6.92 Å². The number of carbonyl (C=O) groups is 2. The summed E-state index contributed by atoms with van der Waals surface area (Å²) in [6.45, 7) is 5.13. The average Bonchev–Trinajstić information content (AvgIpc) is 3.26. The summed E-state index contributed by atoms with van der Waals surface area (Å²) >= 11 is 1.32. The first-order valence-electron chi connectivity index (χ1n) is 11.2. The van der Waals surface area contributed by atoms with Crippen LogP contribution in [-0.4, -0.2) is 60.1 Å². The van der Waals surface area contributed by atoms with Crippen molar-refractivity contribution in [3.05, 3.63) is 71.0 Å². The van der Waals surface area contributed by atoms with Crippen LogP contribution in [0.4, 0.5) is 17.3 Å². The number of piperazine rings is 1. The van der Waals surface area contributed by atoms with Gasteiger partial charge in [-0.15, -0.1) is 11.3 Å². The fourth-order valence-corrected chi connectivity index (χ4v) is 5.30. The molecule has 178 valence electrons. The lowest BCUT2D eigenvalue weighted by atomic mass is 10.1. The van der Waals surface area contributed by atoms with Crippen LogP contribution in [0.25, 0.3) is 10.2 Å². The number of carbonyl (C=O) groups excluding carboxylic acids is 2. The van der Waals surface area contributed by atoms with Crippen LogP contribution in [0, 0.1) is 6.92 Å². The molecule has 0 saturated carbocycles. The summed E-state index contributed by atoms with van der Waals surface area (Å²) in [6.07, 6.45) is 3.35. The third-order valence-electron chi connectivity index (χ3n) is 6.05. The topological polar surface area (TPSA) is 101 Å². The highest BCUT2D eigenvalue weighted by Crippen LogP contribution is 2.36. The number of hydrogen-bond acceptors (Lipinski definition) is 9. The summed E-state index contributed by atoms with van der Waals surface area (Å²) in [5.74, 6) is 0.996. The number of para-hydroxylation sites is 1. The molecule has 0 atom stereocenters. The summed E-state index contributed by atoms with van der Waals surface area (Å²) in [4.78, 5) is 44.6. The fourth-order valence-electron chi connectivity index (χ4n) is 4.26. The Labute approximate surface area is 206 Å². The van der Waals surface area contributed by atoms with Crippen LogP contribution in [0.3, 0.4) is 0 Å². The number of benzene rings is 1. The molecule has 0 spiro atoms. The van der Waals surface area contributed by atoms with Gasteiger partial charge in [0.25, 0.3) is 5.91 Å². The summed E-state index contributed by atoms with van der Waals surface area (Å²) < 4.78 is 4.84. The molecule has 0 aliphatic carbocycles. The zero-order valence-electron chi connectivity index (χ0n) is 19.4. The van der Waals surface area contributed by atoms with Crippen LogP contribution < -0.4 is 15.1 Å². The fraction of sp³-hybridized carbons (Fsp3) is 0.240. The number of aromatic nitrogens is 3. The zero-order valence-corrected chi connectivity index (χ0v) is 20.2. The minimum Gasteiger partial charge on any atom is -0.465 e. The van der Waals surface area contributed by atoms with Gasteiger partial charge in [0.2, 0.25) is 0 Å². The molecule has 4 heterocycles. The number of esters is 1. The van der Waals surface area contributed by atoms with Crippen LogP contribution in [0.2, 0.25) is 0 Å². The number of rotatable bonds is 5. The van der Waals surface area contributed by atoms with Gasteiger partial charge in [0.1, 0.15) is 22.8 Å². The van der Waals surface area contributed by atoms with Crippen molar-refractivity contribution in [2.24, 2.45) is 0 Å². The molecule has 4 aromatic rings. The largest absolute Gasteiger partial charge is 0.465 e. The highest BCUT2D eigenvalue weighted by atomic mass is 32.1. The van der Waals surface area contributed by atoms with Crippen LogP contribution in [0.5, 0.6) is 0 Å². The van der Waals surface area contributed by atoms with Crippen LogP contribution >= 0.6 is 11.3 Å². The number of pyridine rings is 1. The summed E-state index contributed by atoms with van der Waals surface area (Å²) in [6, 6.07) is 12.7. The van der Waals surface area contributed by atoms with E-state index < -0.39 is 5.97 Å². The average molecular weight is 489 g/mol. The van der Waals surface area contributed by atoms with E-state index in [1.54, 1.807) is 36.8 Å². The number of fused-ring (bicyclic) bond motifs is 1. The molecule has 1 amide bonds. The quantitative estimate of drug-likeness (QED) is 0.424. The predicted octanol–water partition coefficient (Wildman–Crippen LogP) is 3.76. The molecule has 0 bridgehead atoms. The number of ether oxygens (including phenoxy) is 1. The van der Waals surface area contributed by atoms with Gasteiger partial charge in [0.15, 0.2) is 0 Å². The maximum atomic E-state index is 13.2. The number of anilines is 3. The van der Waals surface area contributed by atoms with Crippen molar-refractivity contribution in [1.82, 2.24) is 15.0 Å². The van der Waals surface area contributed by atoms with Gasteiger partial charge < -0.3 is 19.9 Å². The molecule has 1 saturated heterocycles. The van der Waals surface area contributed by atoms with E-state index in [0.29, 0.717) is 16.1 Å². The molecule has 1 fully saturated rings. The third-order valence-corrected chi connectivity index (χ3v) is 7.24. The van der Waals surface area contributed by atoms with Crippen molar-refractivity contribution in [3.8, 4) is 0 Å². The Morgan fingerprint density at radius 1 is 0.971 bits per heavy atom. The molecule has 5 rings (SSSR count). The number of nitrogens with zero attached hydrogens (tertiary/aromatic N) is 5. The molecule has 9 nitrogen and oxygen atoms in total. The maximum absolute atomic E-state index is 13.2. The normalized spacial score (nSPS) is 13.7. The smallest absolute Gasteiger partial charge is 0.339 e. The Morgan fingerprint density at radius 3 is 2.46 bits per heavy atom. The summed E-state index contributed by atoms with van der Waals surface area (Å²) in [7, 11) is 1.31. The summed E-state index contributed by atoms with van der Waals surface area (Å²) in [5, 5.41) is 3.75. The van der Waals surface area contributed by atoms with Crippen LogP contribution in [0.15, 0.2) is 55.0 Å². The number of nitrogens with one attached hydrogen (secondary N) is 1. The molecule has 1 aliphatic rings. The molecular weight excluding hydrogens is 464 g/mol. The second-order valence-electron chi connectivity index (χ2n) is 8.09. The van der Waals surface area contributed by atoms with Crippen molar-refractivity contribution >= 4 is 50.8 Å². The van der Waals surface area contributed by atoms with E-state index >= 15 is 0 Å². The molecule has 1 N–H and O–H groups in total. The van der Waals surface area contributed by atoms with Crippen molar-refractivity contribution in [2.75, 3.05) is 48.4 Å². The summed E-state index contributed by atoms with van der Waals surface area (Å²) in [5.41, 5.74) is 1.52. The molecule has 1 aliphatic heterocycles. The molecule has 0 radical (unpaired) electrons. The van der Waals surface area contributed by atoms with E-state index in [2.05, 4.69) is 30.1 Å². The third kappa shape index (κ3) is 4.40. The van der Waals surface area contributed by atoms with Crippen LogP contribution in [0.1, 0.15) is 25.6 Å². The number of aryl methyl sites for hydroxylation is 1. The Balaban J connectivity index is 1.40. The lowest BCUT2D eigenvalue weighted by Crippen LogP contribution is -2.47. The van der Waals surface area contributed by atoms with Gasteiger partial charge in [0, 0.05) is 32.4 Å². The van der Waals surface area contributed by atoms with Crippen LogP contribution in [-0.2, 0) is 4.74 Å². The second-order valence-corrected chi connectivity index (χ2v) is 9.09. The van der Waals surface area contributed by atoms with E-state index in [9.17, 15) is 9.59 Å². The van der Waals surface area contributed by atoms with Gasteiger partial charge in [-0.2, -0.15) is 0 Å². The monoisotopic (exact) mass is 488 g/mol. The molecule has 10 heteroatoms. The Hall–Kier alpha value is -4.05. The maximum Gasteiger partial charge on any atom is 0.339 e. The van der Waals surface area contributed by atoms with Gasteiger partial charge in [0.05, 0.1) is 28.6 Å². The molecular formula is C25H24N6O3S. The van der Waals surface area contributed by atoms with Crippen molar-refractivity contribution in [3.63, 3.8) is 0 Å². The Morgan fingerprint density at radius 2 is 1.71 bits per heavy atom. The van der Waals surface area contributed by atoms with Crippen molar-refractivity contribution in [1.29, 1.82) is 0 Å². The minimum absolute atomic E-state index is 0.298. The predicted molar refractivity (Wildman–Crippen MR) is 137 cm³/mol. The van der Waals surface area contributed by atoms with Gasteiger partial charge in [-0.05, 0) is 36.8 Å². The van der Waals surface area contributed by atoms with E-state index in [1.165, 1.54) is 18.4 Å². The standard InChI is InChI=1S/C25H24N6O3S/c1-16-20-22(31-13-11-30(12-14-31)19-9-5-6-10-26-19)27-15-28-24(20)35-21(16)23(32)29-18-8-4-3-7-17(18)25(33)34-2/h3-10,15H,11-14H2,1-2H3,(H,29,32). The van der Waals surface area contributed by atoms with E-state index in [4.69, 9.17) is 4.74 Å². The zero-order chi connectivity index (χ0) is 24.4. The first-order chi connectivity index (χ1) is 17.1.